The van der Waals surface area contributed by atoms with Crippen LogP contribution in [0.15, 0.2) is 0 Å². The van der Waals surface area contributed by atoms with Gasteiger partial charge in [-0.1, -0.05) is 12.8 Å². The van der Waals surface area contributed by atoms with Gasteiger partial charge in [0.2, 0.25) is 0 Å². The first-order chi connectivity index (χ1) is 8.75. The first-order valence-electron chi connectivity index (χ1n) is 6.70. The predicted molar refractivity (Wildman–Crippen MR) is 66.6 cm³/mol. The second-order valence-electron chi connectivity index (χ2n) is 4.74. The summed E-state index contributed by atoms with van der Waals surface area (Å²) in [7, 11) is 0. The maximum atomic E-state index is 11.5. The fourth-order valence-electron chi connectivity index (χ4n) is 2.22. The van der Waals surface area contributed by atoms with E-state index in [1.165, 1.54) is 0 Å². The van der Waals surface area contributed by atoms with Gasteiger partial charge in [0.1, 0.15) is 0 Å². The molecule has 0 aliphatic carbocycles. The van der Waals surface area contributed by atoms with Crippen molar-refractivity contribution in [2.24, 2.45) is 0 Å². The van der Waals surface area contributed by atoms with E-state index in [0.29, 0.717) is 26.2 Å². The van der Waals surface area contributed by atoms with Crippen molar-refractivity contribution in [2.75, 3.05) is 26.2 Å². The molecular formula is C12H22N2O5. The summed E-state index contributed by atoms with van der Waals surface area (Å²) >= 11 is 0. The van der Waals surface area contributed by atoms with Crippen LogP contribution in [0.25, 0.3) is 0 Å². The highest BCUT2D eigenvalue weighted by atomic mass is 16.8. The second kappa shape index (κ2) is 8.08. The summed E-state index contributed by atoms with van der Waals surface area (Å²) < 4.78 is 0. The molecule has 0 saturated carbocycles. The van der Waals surface area contributed by atoms with E-state index in [4.69, 9.17) is 9.68 Å². The third-order valence-corrected chi connectivity index (χ3v) is 3.22. The Balaban J connectivity index is 0.00000180. The smallest absolute Gasteiger partial charge is 0.412 e. The van der Waals surface area contributed by atoms with Gasteiger partial charge in [-0.05, 0) is 25.7 Å². The standard InChI is InChI=1S/C12H20N2O4.H2O/c15-11(17-13-7-3-1-4-8-13)12(16)18-14-9-5-2-6-10-14;/h1-10H2;1H2. The molecule has 7 heteroatoms. The Bertz CT molecular complexity index is 268. The van der Waals surface area contributed by atoms with Crippen molar-refractivity contribution in [3.8, 4) is 0 Å². The SMILES string of the molecule is O.O=C(ON1CCCCC1)C(=O)ON1CCCCC1. The van der Waals surface area contributed by atoms with Gasteiger partial charge in [-0.2, -0.15) is 0 Å². The molecule has 2 aliphatic rings. The zero-order valence-electron chi connectivity index (χ0n) is 11.1. The summed E-state index contributed by atoms with van der Waals surface area (Å²) in [6.07, 6.45) is 6.27. The number of hydrogen-bond acceptors (Lipinski definition) is 6. The lowest BCUT2D eigenvalue weighted by Gasteiger charge is -2.26. The molecule has 110 valence electrons. The van der Waals surface area contributed by atoms with Gasteiger partial charge in [0.05, 0.1) is 0 Å². The summed E-state index contributed by atoms with van der Waals surface area (Å²) in [5, 5.41) is 3.09. The van der Waals surface area contributed by atoms with E-state index in [0.717, 1.165) is 38.5 Å². The van der Waals surface area contributed by atoms with Crippen molar-refractivity contribution in [3.05, 3.63) is 0 Å². The first kappa shape index (κ1) is 15.9. The number of nitrogens with zero attached hydrogens (tertiary/aromatic N) is 2. The van der Waals surface area contributed by atoms with Gasteiger partial charge in [0.25, 0.3) is 0 Å². The molecule has 2 fully saturated rings. The van der Waals surface area contributed by atoms with Gasteiger partial charge in [-0.15, -0.1) is 10.1 Å². The van der Waals surface area contributed by atoms with Crippen LogP contribution in [0.5, 0.6) is 0 Å². The number of rotatable bonds is 2. The normalized spacial score (nSPS) is 21.3. The van der Waals surface area contributed by atoms with Crippen molar-refractivity contribution in [2.45, 2.75) is 38.5 Å². The largest absolute Gasteiger partial charge is 0.438 e. The summed E-state index contributed by atoms with van der Waals surface area (Å²) in [6.45, 7) is 2.79. The quantitative estimate of drug-likeness (QED) is 0.661. The molecular weight excluding hydrogens is 252 g/mol. The van der Waals surface area contributed by atoms with E-state index in [-0.39, 0.29) is 5.48 Å². The zero-order chi connectivity index (χ0) is 12.8. The monoisotopic (exact) mass is 274 g/mol. The van der Waals surface area contributed by atoms with Gasteiger partial charge in [0.15, 0.2) is 0 Å². The molecule has 0 atom stereocenters. The molecule has 19 heavy (non-hydrogen) atoms. The maximum Gasteiger partial charge on any atom is 0.438 e. The average Bonchev–Trinajstić information content (AvgIpc) is 2.41. The molecule has 0 aromatic heterocycles. The molecule has 2 saturated heterocycles. The molecule has 0 radical (unpaired) electrons. The molecule has 0 aromatic rings. The van der Waals surface area contributed by atoms with Crippen molar-refractivity contribution in [3.63, 3.8) is 0 Å². The molecule has 0 unspecified atom stereocenters. The third kappa shape index (κ3) is 5.14. The molecule has 2 heterocycles. The Morgan fingerprint density at radius 1 is 0.632 bits per heavy atom. The Labute approximate surface area is 112 Å². The molecule has 2 aliphatic heterocycles. The van der Waals surface area contributed by atoms with Crippen molar-refractivity contribution < 1.29 is 24.7 Å². The first-order valence-corrected chi connectivity index (χ1v) is 6.70. The maximum absolute atomic E-state index is 11.5. The number of carbonyl (C=O) groups is 2. The van der Waals surface area contributed by atoms with Crippen molar-refractivity contribution in [1.29, 1.82) is 0 Å². The lowest BCUT2D eigenvalue weighted by molar-refractivity contribution is -0.221. The fraction of sp³-hybridized carbons (Fsp3) is 0.833. The minimum atomic E-state index is -0.914. The van der Waals surface area contributed by atoms with E-state index >= 15 is 0 Å². The van der Waals surface area contributed by atoms with Crippen molar-refractivity contribution >= 4 is 11.9 Å². The van der Waals surface area contributed by atoms with Gasteiger partial charge in [0, 0.05) is 26.2 Å². The highest BCUT2D eigenvalue weighted by Gasteiger charge is 2.26. The second-order valence-corrected chi connectivity index (χ2v) is 4.74. The molecule has 2 rings (SSSR count). The van der Waals surface area contributed by atoms with Crippen LogP contribution in [-0.4, -0.2) is 53.7 Å². The third-order valence-electron chi connectivity index (χ3n) is 3.22. The van der Waals surface area contributed by atoms with E-state index in [9.17, 15) is 9.59 Å². The molecule has 0 spiro atoms. The highest BCUT2D eigenvalue weighted by Crippen LogP contribution is 2.11. The predicted octanol–water partition coefficient (Wildman–Crippen LogP) is 0.0499. The fourth-order valence-corrected chi connectivity index (χ4v) is 2.22. The Morgan fingerprint density at radius 2 is 0.947 bits per heavy atom. The summed E-state index contributed by atoms with van der Waals surface area (Å²) in [5.74, 6) is -1.83. The van der Waals surface area contributed by atoms with E-state index in [2.05, 4.69) is 0 Å². The van der Waals surface area contributed by atoms with Crippen LogP contribution in [0.2, 0.25) is 0 Å². The lowest BCUT2D eigenvalue weighted by Crippen LogP contribution is -2.39. The van der Waals surface area contributed by atoms with Gasteiger partial charge in [-0.25, -0.2) is 9.59 Å². The van der Waals surface area contributed by atoms with Gasteiger partial charge >= 0.3 is 11.9 Å². The van der Waals surface area contributed by atoms with Crippen LogP contribution in [0.4, 0.5) is 0 Å². The number of carbonyl (C=O) groups excluding carboxylic acids is 2. The zero-order valence-corrected chi connectivity index (χ0v) is 11.1. The molecule has 7 nitrogen and oxygen atoms in total. The summed E-state index contributed by atoms with van der Waals surface area (Å²) in [5.41, 5.74) is 0. The van der Waals surface area contributed by atoms with E-state index in [1.54, 1.807) is 10.1 Å². The topological polar surface area (TPSA) is 90.6 Å². The Hall–Kier alpha value is -1.18. The highest BCUT2D eigenvalue weighted by molar-refractivity contribution is 6.29. The minimum absolute atomic E-state index is 0. The van der Waals surface area contributed by atoms with E-state index in [1.807, 2.05) is 0 Å². The van der Waals surface area contributed by atoms with Crippen LogP contribution in [0.1, 0.15) is 38.5 Å². The number of hydrogen-bond donors (Lipinski definition) is 0. The van der Waals surface area contributed by atoms with Gasteiger partial charge < -0.3 is 15.2 Å². The summed E-state index contributed by atoms with van der Waals surface area (Å²) in [6, 6.07) is 0. The molecule has 0 amide bonds. The van der Waals surface area contributed by atoms with Gasteiger partial charge in [-0.3, -0.25) is 0 Å². The average molecular weight is 274 g/mol. The van der Waals surface area contributed by atoms with Crippen LogP contribution >= 0.6 is 0 Å². The molecule has 0 bridgehead atoms. The number of piperidine rings is 2. The Morgan fingerprint density at radius 3 is 1.26 bits per heavy atom. The Kier molecular flexibility index (Phi) is 6.75. The van der Waals surface area contributed by atoms with Crippen LogP contribution < -0.4 is 0 Å². The van der Waals surface area contributed by atoms with Crippen LogP contribution in [-0.2, 0) is 19.3 Å². The number of hydroxylamine groups is 4. The molecule has 2 N–H and O–H groups in total. The van der Waals surface area contributed by atoms with Crippen LogP contribution in [0.3, 0.4) is 0 Å². The molecule has 0 aromatic carbocycles. The van der Waals surface area contributed by atoms with E-state index < -0.39 is 11.9 Å². The minimum Gasteiger partial charge on any atom is -0.412 e. The summed E-state index contributed by atoms with van der Waals surface area (Å²) in [4.78, 5) is 33.0. The lowest BCUT2D eigenvalue weighted by atomic mass is 10.2. The van der Waals surface area contributed by atoms with Crippen molar-refractivity contribution in [1.82, 2.24) is 10.1 Å². The van der Waals surface area contributed by atoms with Crippen LogP contribution in [0, 0.1) is 0 Å².